The van der Waals surface area contributed by atoms with Crippen molar-refractivity contribution in [3.63, 3.8) is 0 Å². The van der Waals surface area contributed by atoms with Gasteiger partial charge >= 0.3 is 0 Å². The van der Waals surface area contributed by atoms with Gasteiger partial charge in [0.05, 0.1) is 11.6 Å². The summed E-state index contributed by atoms with van der Waals surface area (Å²) in [6.07, 6.45) is 1.56. The molecule has 0 bridgehead atoms. The molecule has 0 atom stereocenters. The van der Waals surface area contributed by atoms with Gasteiger partial charge in [0.1, 0.15) is 17.4 Å². The fourth-order valence-electron chi connectivity index (χ4n) is 2.31. The molecule has 1 aromatic heterocycles. The summed E-state index contributed by atoms with van der Waals surface area (Å²) in [7, 11) is 0. The molecule has 0 aliphatic heterocycles. The molecule has 1 heterocycles. The van der Waals surface area contributed by atoms with Crippen LogP contribution >= 0.6 is 23.2 Å². The van der Waals surface area contributed by atoms with E-state index in [9.17, 15) is 4.79 Å². The normalized spacial score (nSPS) is 10.8. The van der Waals surface area contributed by atoms with E-state index in [2.05, 4.69) is 0 Å². The standard InChI is InChI=1S/C17H13Cl2NO2/c18-13-10-15(19)17(21)20(11-13)8-9-22-16-7-3-5-12-4-1-2-6-14(12)16/h1-7,10-11H,8-9H2. The highest BCUT2D eigenvalue weighted by molar-refractivity contribution is 6.34. The van der Waals surface area contributed by atoms with Crippen LogP contribution in [0.1, 0.15) is 0 Å². The van der Waals surface area contributed by atoms with E-state index in [1.54, 1.807) is 6.20 Å². The van der Waals surface area contributed by atoms with Gasteiger partial charge in [0, 0.05) is 11.6 Å². The van der Waals surface area contributed by atoms with Gasteiger partial charge in [0.2, 0.25) is 0 Å². The lowest BCUT2D eigenvalue weighted by Gasteiger charge is -2.11. The Morgan fingerprint density at radius 2 is 1.82 bits per heavy atom. The Kier molecular flexibility index (Phi) is 4.36. The molecule has 0 saturated heterocycles. The number of benzene rings is 2. The van der Waals surface area contributed by atoms with Crippen LogP contribution < -0.4 is 10.3 Å². The minimum atomic E-state index is -0.271. The molecular formula is C17H13Cl2NO2. The second-order valence-electron chi connectivity index (χ2n) is 4.83. The van der Waals surface area contributed by atoms with Crippen molar-refractivity contribution < 1.29 is 4.74 Å². The average Bonchev–Trinajstić information content (AvgIpc) is 2.52. The van der Waals surface area contributed by atoms with E-state index >= 15 is 0 Å². The number of hydrogen-bond donors (Lipinski definition) is 0. The van der Waals surface area contributed by atoms with Crippen LogP contribution in [0.4, 0.5) is 0 Å². The molecule has 0 unspecified atom stereocenters. The van der Waals surface area contributed by atoms with Gasteiger partial charge in [0.15, 0.2) is 0 Å². The van der Waals surface area contributed by atoms with Crippen LogP contribution in [0.15, 0.2) is 59.5 Å². The Labute approximate surface area is 137 Å². The van der Waals surface area contributed by atoms with Crippen molar-refractivity contribution in [3.05, 3.63) is 75.1 Å². The summed E-state index contributed by atoms with van der Waals surface area (Å²) in [5, 5.41) is 2.69. The number of rotatable bonds is 4. The van der Waals surface area contributed by atoms with Crippen molar-refractivity contribution in [1.29, 1.82) is 0 Å². The van der Waals surface area contributed by atoms with Crippen molar-refractivity contribution in [2.75, 3.05) is 6.61 Å². The highest BCUT2D eigenvalue weighted by Gasteiger charge is 2.05. The van der Waals surface area contributed by atoms with Crippen molar-refractivity contribution in [2.45, 2.75) is 6.54 Å². The highest BCUT2D eigenvalue weighted by atomic mass is 35.5. The maximum absolute atomic E-state index is 11.9. The van der Waals surface area contributed by atoms with Gasteiger partial charge in [-0.2, -0.15) is 0 Å². The first kappa shape index (κ1) is 14.9. The van der Waals surface area contributed by atoms with Crippen molar-refractivity contribution in [3.8, 4) is 5.75 Å². The lowest BCUT2D eigenvalue weighted by Crippen LogP contribution is -2.22. The first-order valence-electron chi connectivity index (χ1n) is 6.81. The molecule has 0 fully saturated rings. The van der Waals surface area contributed by atoms with Crippen LogP contribution in [0.2, 0.25) is 10.0 Å². The van der Waals surface area contributed by atoms with Crippen LogP contribution in [0.5, 0.6) is 5.75 Å². The van der Waals surface area contributed by atoms with Gasteiger partial charge in [-0.15, -0.1) is 0 Å². The van der Waals surface area contributed by atoms with E-state index in [4.69, 9.17) is 27.9 Å². The van der Waals surface area contributed by atoms with Crippen LogP contribution in [0.25, 0.3) is 10.8 Å². The number of pyridine rings is 1. The van der Waals surface area contributed by atoms with Gasteiger partial charge < -0.3 is 9.30 Å². The van der Waals surface area contributed by atoms with Crippen molar-refractivity contribution in [2.24, 2.45) is 0 Å². The average molecular weight is 334 g/mol. The van der Waals surface area contributed by atoms with Gasteiger partial charge in [-0.1, -0.05) is 59.6 Å². The molecular weight excluding hydrogens is 321 g/mol. The Morgan fingerprint density at radius 1 is 1.05 bits per heavy atom. The molecule has 3 aromatic rings. The van der Waals surface area contributed by atoms with Crippen LogP contribution in [0, 0.1) is 0 Å². The maximum atomic E-state index is 11.9. The van der Waals surface area contributed by atoms with Gasteiger partial charge in [-0.05, 0) is 17.5 Å². The Balaban J connectivity index is 1.77. The number of fused-ring (bicyclic) bond motifs is 1. The van der Waals surface area contributed by atoms with E-state index in [0.717, 1.165) is 16.5 Å². The summed E-state index contributed by atoms with van der Waals surface area (Å²) in [6.45, 7) is 0.729. The largest absolute Gasteiger partial charge is 0.491 e. The number of nitrogens with zero attached hydrogens (tertiary/aromatic N) is 1. The smallest absolute Gasteiger partial charge is 0.269 e. The van der Waals surface area contributed by atoms with Gasteiger partial charge in [0.25, 0.3) is 5.56 Å². The van der Waals surface area contributed by atoms with E-state index in [-0.39, 0.29) is 10.6 Å². The van der Waals surface area contributed by atoms with E-state index in [1.165, 1.54) is 10.6 Å². The third-order valence-electron chi connectivity index (χ3n) is 3.35. The molecule has 3 nitrogen and oxygen atoms in total. The number of halogens is 2. The number of hydrogen-bond acceptors (Lipinski definition) is 2. The molecule has 0 N–H and O–H groups in total. The third kappa shape index (κ3) is 3.11. The summed E-state index contributed by atoms with van der Waals surface area (Å²) in [6, 6.07) is 15.3. The molecule has 3 rings (SSSR count). The Bertz CT molecular complexity index is 869. The summed E-state index contributed by atoms with van der Waals surface area (Å²) in [5.41, 5.74) is -0.271. The summed E-state index contributed by atoms with van der Waals surface area (Å²) in [4.78, 5) is 11.9. The molecule has 0 aliphatic carbocycles. The van der Waals surface area contributed by atoms with Crippen LogP contribution in [-0.2, 0) is 6.54 Å². The maximum Gasteiger partial charge on any atom is 0.269 e. The Morgan fingerprint density at radius 3 is 2.68 bits per heavy atom. The molecule has 5 heteroatoms. The molecule has 0 aliphatic rings. The summed E-state index contributed by atoms with van der Waals surface area (Å²) in [5.74, 6) is 0.791. The first-order chi connectivity index (χ1) is 10.6. The van der Waals surface area contributed by atoms with Crippen molar-refractivity contribution >= 4 is 34.0 Å². The van der Waals surface area contributed by atoms with E-state index in [0.29, 0.717) is 18.2 Å². The Hall–Kier alpha value is -1.97. The van der Waals surface area contributed by atoms with Crippen LogP contribution in [0.3, 0.4) is 0 Å². The number of aromatic nitrogens is 1. The van der Waals surface area contributed by atoms with E-state index in [1.807, 2.05) is 42.5 Å². The molecule has 112 valence electrons. The van der Waals surface area contributed by atoms with Gasteiger partial charge in [-0.3, -0.25) is 4.79 Å². The monoisotopic (exact) mass is 333 g/mol. The minimum Gasteiger partial charge on any atom is -0.491 e. The third-order valence-corrected chi connectivity index (χ3v) is 3.83. The molecule has 0 saturated carbocycles. The summed E-state index contributed by atoms with van der Waals surface area (Å²) >= 11 is 11.7. The first-order valence-corrected chi connectivity index (χ1v) is 7.57. The quantitative estimate of drug-likeness (QED) is 0.709. The van der Waals surface area contributed by atoms with Crippen LogP contribution in [-0.4, -0.2) is 11.2 Å². The zero-order chi connectivity index (χ0) is 15.5. The minimum absolute atomic E-state index is 0.109. The molecule has 0 radical (unpaired) electrons. The highest BCUT2D eigenvalue weighted by Crippen LogP contribution is 2.25. The zero-order valence-corrected chi connectivity index (χ0v) is 13.1. The van der Waals surface area contributed by atoms with Crippen molar-refractivity contribution in [1.82, 2.24) is 4.57 Å². The van der Waals surface area contributed by atoms with E-state index < -0.39 is 0 Å². The zero-order valence-electron chi connectivity index (χ0n) is 11.6. The molecule has 0 amide bonds. The molecule has 2 aromatic carbocycles. The second kappa shape index (κ2) is 6.42. The lowest BCUT2D eigenvalue weighted by molar-refractivity contribution is 0.299. The fourth-order valence-corrected chi connectivity index (χ4v) is 2.82. The SMILES string of the molecule is O=c1c(Cl)cc(Cl)cn1CCOc1cccc2ccccc12. The number of ether oxygens (including phenoxy) is 1. The molecule has 0 spiro atoms. The topological polar surface area (TPSA) is 31.2 Å². The lowest BCUT2D eigenvalue weighted by atomic mass is 10.1. The predicted molar refractivity (Wildman–Crippen MR) is 90.2 cm³/mol. The predicted octanol–water partition coefficient (Wildman–Crippen LogP) is 4.39. The fraction of sp³-hybridized carbons (Fsp3) is 0.118. The summed E-state index contributed by atoms with van der Waals surface area (Å²) < 4.78 is 7.27. The van der Waals surface area contributed by atoms with Gasteiger partial charge in [-0.25, -0.2) is 0 Å². The second-order valence-corrected chi connectivity index (χ2v) is 5.67. The molecule has 22 heavy (non-hydrogen) atoms.